The molecule has 0 fully saturated rings. The van der Waals surface area contributed by atoms with Gasteiger partial charge in [0.1, 0.15) is 6.33 Å². The molecule has 0 amide bonds. The third kappa shape index (κ3) is 4.53. The molecule has 0 unspecified atom stereocenters. The lowest BCUT2D eigenvalue weighted by Gasteiger charge is -2.10. The lowest BCUT2D eigenvalue weighted by Crippen LogP contribution is -2.11. The molecule has 1 aromatic rings. The number of nitro groups is 1. The highest BCUT2D eigenvalue weighted by molar-refractivity contribution is 5.69. The highest BCUT2D eigenvalue weighted by Crippen LogP contribution is 2.28. The molecule has 0 aliphatic heterocycles. The van der Waals surface area contributed by atoms with Crippen LogP contribution in [0.3, 0.4) is 0 Å². The molecular formula is C12H19N5O2. The van der Waals surface area contributed by atoms with E-state index >= 15 is 0 Å². The summed E-state index contributed by atoms with van der Waals surface area (Å²) in [6.45, 7) is 8.77. The molecule has 0 saturated heterocycles. The second-order valence-corrected chi connectivity index (χ2v) is 4.46. The van der Waals surface area contributed by atoms with Crippen molar-refractivity contribution in [3.63, 3.8) is 0 Å². The van der Waals surface area contributed by atoms with Crippen LogP contribution in [0.15, 0.2) is 19.0 Å². The molecule has 0 radical (unpaired) electrons. The summed E-state index contributed by atoms with van der Waals surface area (Å²) in [6, 6.07) is 0. The summed E-state index contributed by atoms with van der Waals surface area (Å²) in [6.07, 6.45) is 3.82. The Balaban J connectivity index is 2.89. The number of rotatable bonds is 8. The van der Waals surface area contributed by atoms with Crippen LogP contribution in [0.2, 0.25) is 0 Å². The second-order valence-electron chi connectivity index (χ2n) is 4.46. The maximum absolute atomic E-state index is 11.1. The summed E-state index contributed by atoms with van der Waals surface area (Å²) in [5.41, 5.74) is -0.131. The minimum Gasteiger partial charge on any atom is -0.364 e. The van der Waals surface area contributed by atoms with Crippen LogP contribution in [0.25, 0.3) is 0 Å². The highest BCUT2D eigenvalue weighted by Gasteiger charge is 2.22. The van der Waals surface area contributed by atoms with E-state index in [1.807, 2.05) is 0 Å². The van der Waals surface area contributed by atoms with Crippen molar-refractivity contribution in [3.8, 4) is 0 Å². The third-order valence-corrected chi connectivity index (χ3v) is 2.43. The summed E-state index contributed by atoms with van der Waals surface area (Å²) < 4.78 is 0. The predicted octanol–water partition coefficient (Wildman–Crippen LogP) is 2.44. The van der Waals surface area contributed by atoms with E-state index in [1.165, 1.54) is 6.33 Å². The molecule has 104 valence electrons. The van der Waals surface area contributed by atoms with Gasteiger partial charge in [0, 0.05) is 13.1 Å². The van der Waals surface area contributed by atoms with Gasteiger partial charge < -0.3 is 10.6 Å². The number of nitrogens with one attached hydrogen (secondary N) is 2. The van der Waals surface area contributed by atoms with E-state index in [1.54, 1.807) is 6.08 Å². The van der Waals surface area contributed by atoms with Crippen molar-refractivity contribution >= 4 is 17.3 Å². The number of hydrogen-bond donors (Lipinski definition) is 2. The smallest absolute Gasteiger partial charge is 0.353 e. The number of nitrogens with zero attached hydrogens (tertiary/aromatic N) is 3. The highest BCUT2D eigenvalue weighted by atomic mass is 16.6. The van der Waals surface area contributed by atoms with Gasteiger partial charge >= 0.3 is 5.69 Å². The molecule has 7 heteroatoms. The summed E-state index contributed by atoms with van der Waals surface area (Å²) >= 11 is 0. The first-order chi connectivity index (χ1) is 9.06. The molecule has 0 aliphatic rings. The zero-order valence-electron chi connectivity index (χ0n) is 11.2. The average molecular weight is 265 g/mol. The maximum atomic E-state index is 11.1. The fourth-order valence-electron chi connectivity index (χ4n) is 1.46. The predicted molar refractivity (Wildman–Crippen MR) is 75.3 cm³/mol. The largest absolute Gasteiger partial charge is 0.364 e. The molecule has 7 nitrogen and oxygen atoms in total. The van der Waals surface area contributed by atoms with Crippen LogP contribution in [0.5, 0.6) is 0 Å². The van der Waals surface area contributed by atoms with Gasteiger partial charge in [-0.1, -0.05) is 19.9 Å². The Morgan fingerprint density at radius 1 is 1.42 bits per heavy atom. The van der Waals surface area contributed by atoms with E-state index in [9.17, 15) is 10.1 Å². The van der Waals surface area contributed by atoms with Crippen molar-refractivity contribution in [2.75, 3.05) is 23.7 Å². The summed E-state index contributed by atoms with van der Waals surface area (Å²) in [4.78, 5) is 18.5. The third-order valence-electron chi connectivity index (χ3n) is 2.43. The fraction of sp³-hybridized carbons (Fsp3) is 0.500. The van der Waals surface area contributed by atoms with Crippen LogP contribution in [-0.4, -0.2) is 28.0 Å². The molecule has 19 heavy (non-hydrogen) atoms. The summed E-state index contributed by atoms with van der Waals surface area (Å²) in [5.74, 6) is 0.964. The van der Waals surface area contributed by atoms with Gasteiger partial charge in [0.05, 0.1) is 4.92 Å². The Morgan fingerprint density at radius 2 is 2.05 bits per heavy atom. The van der Waals surface area contributed by atoms with Crippen LogP contribution in [-0.2, 0) is 0 Å². The van der Waals surface area contributed by atoms with Crippen molar-refractivity contribution in [2.24, 2.45) is 5.92 Å². The molecule has 2 N–H and O–H groups in total. The molecule has 0 spiro atoms. The fourth-order valence-corrected chi connectivity index (χ4v) is 1.46. The van der Waals surface area contributed by atoms with Gasteiger partial charge in [-0.15, -0.1) is 6.58 Å². The second kappa shape index (κ2) is 7.30. The summed E-state index contributed by atoms with van der Waals surface area (Å²) in [7, 11) is 0. The quantitative estimate of drug-likeness (QED) is 0.426. The number of aromatic nitrogens is 2. The van der Waals surface area contributed by atoms with Crippen molar-refractivity contribution in [3.05, 3.63) is 29.1 Å². The number of hydrogen-bond acceptors (Lipinski definition) is 6. The van der Waals surface area contributed by atoms with E-state index < -0.39 is 4.92 Å². The normalized spacial score (nSPS) is 10.3. The lowest BCUT2D eigenvalue weighted by molar-refractivity contribution is -0.383. The summed E-state index contributed by atoms with van der Waals surface area (Å²) in [5, 5.41) is 16.9. The Morgan fingerprint density at radius 3 is 2.58 bits per heavy atom. The van der Waals surface area contributed by atoms with E-state index in [0.717, 1.165) is 6.42 Å². The van der Waals surface area contributed by atoms with Gasteiger partial charge in [0.25, 0.3) is 0 Å². The molecule has 1 rings (SSSR count). The van der Waals surface area contributed by atoms with Crippen LogP contribution in [0.4, 0.5) is 17.3 Å². The minimum atomic E-state index is -0.483. The Labute approximate surface area is 112 Å². The molecule has 0 saturated carbocycles. The van der Waals surface area contributed by atoms with Crippen molar-refractivity contribution in [1.29, 1.82) is 0 Å². The lowest BCUT2D eigenvalue weighted by atomic mass is 10.1. The van der Waals surface area contributed by atoms with Crippen LogP contribution in [0.1, 0.15) is 20.3 Å². The molecule has 1 aromatic heterocycles. The van der Waals surface area contributed by atoms with Gasteiger partial charge in [-0.2, -0.15) is 0 Å². The van der Waals surface area contributed by atoms with E-state index in [0.29, 0.717) is 19.0 Å². The van der Waals surface area contributed by atoms with Crippen LogP contribution >= 0.6 is 0 Å². The first-order valence-corrected chi connectivity index (χ1v) is 6.14. The minimum absolute atomic E-state index is 0.131. The average Bonchev–Trinajstić information content (AvgIpc) is 2.35. The molecule has 1 heterocycles. The van der Waals surface area contributed by atoms with Gasteiger partial charge in [-0.05, 0) is 12.3 Å². The van der Waals surface area contributed by atoms with E-state index in [2.05, 4.69) is 41.0 Å². The van der Waals surface area contributed by atoms with Gasteiger partial charge in [0.2, 0.25) is 11.6 Å². The monoisotopic (exact) mass is 265 g/mol. The Hall–Kier alpha value is -2.18. The molecule has 0 aromatic carbocycles. The molecule has 0 bridgehead atoms. The van der Waals surface area contributed by atoms with Crippen molar-refractivity contribution in [1.82, 2.24) is 9.97 Å². The first kappa shape index (κ1) is 14.9. The van der Waals surface area contributed by atoms with Crippen molar-refractivity contribution < 1.29 is 4.92 Å². The Bertz CT molecular complexity index is 448. The SMILES string of the molecule is C=CCNc1ncnc(NCCC(C)C)c1[N+](=O)[O-]. The zero-order valence-corrected chi connectivity index (χ0v) is 11.2. The Kier molecular flexibility index (Phi) is 5.72. The van der Waals surface area contributed by atoms with Crippen molar-refractivity contribution in [2.45, 2.75) is 20.3 Å². The zero-order chi connectivity index (χ0) is 14.3. The standard InChI is InChI=1S/C12H19N5O2/c1-4-6-13-11-10(17(18)19)12(16-8-15-11)14-7-5-9(2)3/h4,8-9H,1,5-7H2,2-3H3,(H2,13,14,15,16). The van der Waals surface area contributed by atoms with Gasteiger partial charge in [-0.3, -0.25) is 10.1 Å². The van der Waals surface area contributed by atoms with E-state index in [-0.39, 0.29) is 17.3 Å². The van der Waals surface area contributed by atoms with Crippen LogP contribution in [0, 0.1) is 16.0 Å². The molecule has 0 atom stereocenters. The first-order valence-electron chi connectivity index (χ1n) is 6.14. The van der Waals surface area contributed by atoms with Gasteiger partial charge in [0.15, 0.2) is 0 Å². The molecule has 0 aliphatic carbocycles. The topological polar surface area (TPSA) is 93.0 Å². The number of anilines is 2. The van der Waals surface area contributed by atoms with Gasteiger partial charge in [-0.25, -0.2) is 9.97 Å². The van der Waals surface area contributed by atoms with E-state index in [4.69, 9.17) is 0 Å². The van der Waals surface area contributed by atoms with Crippen LogP contribution < -0.4 is 10.6 Å². The molecular weight excluding hydrogens is 246 g/mol. The maximum Gasteiger partial charge on any atom is 0.353 e.